The van der Waals surface area contributed by atoms with Gasteiger partial charge in [-0.15, -0.1) is 0 Å². The maximum atomic E-state index is 12.7. The molecular formula is C35H31N3O4S. The minimum absolute atomic E-state index is 0.303. The molecule has 7 nitrogen and oxygen atoms in total. The summed E-state index contributed by atoms with van der Waals surface area (Å²) in [4.78, 5) is 4.63. The molecule has 6 rings (SSSR count). The number of aromatic nitrogens is 3. The third-order valence-electron chi connectivity index (χ3n) is 7.62. The van der Waals surface area contributed by atoms with E-state index in [1.54, 1.807) is 30.9 Å². The predicted molar refractivity (Wildman–Crippen MR) is 169 cm³/mol. The molecule has 0 amide bonds. The molecule has 2 heterocycles. The third-order valence-corrected chi connectivity index (χ3v) is 9.71. The Morgan fingerprint density at radius 3 is 2.40 bits per heavy atom. The van der Waals surface area contributed by atoms with Crippen molar-refractivity contribution in [3.63, 3.8) is 0 Å². The molecule has 0 N–H and O–H groups in total. The molecule has 0 aliphatic heterocycles. The van der Waals surface area contributed by atoms with Gasteiger partial charge >= 0.3 is 0 Å². The Bertz CT molecular complexity index is 2020. The molecule has 43 heavy (non-hydrogen) atoms. The Morgan fingerprint density at radius 2 is 1.60 bits per heavy atom. The van der Waals surface area contributed by atoms with Gasteiger partial charge in [0.15, 0.2) is 27.1 Å². The second-order valence-corrected chi connectivity index (χ2v) is 13.4. The fourth-order valence-electron chi connectivity index (χ4n) is 4.83. The number of pyridine rings is 1. The lowest BCUT2D eigenvalue weighted by atomic mass is 9.93. The maximum absolute atomic E-state index is 12.7. The number of sulfone groups is 1. The summed E-state index contributed by atoms with van der Waals surface area (Å²) in [6, 6.07) is 33.1. The minimum Gasteiger partial charge on any atom is -0.485 e. The number of hydrogen-bond donors (Lipinski definition) is 0. The molecule has 0 saturated heterocycles. The van der Waals surface area contributed by atoms with Crippen molar-refractivity contribution in [3.8, 4) is 34.1 Å². The molecule has 0 spiro atoms. The van der Waals surface area contributed by atoms with E-state index in [2.05, 4.69) is 10.1 Å². The van der Waals surface area contributed by atoms with Crippen LogP contribution in [0.25, 0.3) is 27.7 Å². The lowest BCUT2D eigenvalue weighted by Gasteiger charge is -2.24. The van der Waals surface area contributed by atoms with E-state index in [0.29, 0.717) is 29.4 Å². The van der Waals surface area contributed by atoms with Gasteiger partial charge < -0.3 is 9.47 Å². The zero-order valence-corrected chi connectivity index (χ0v) is 25.0. The molecule has 0 atom stereocenters. The molecule has 0 unspecified atom stereocenters. The van der Waals surface area contributed by atoms with E-state index in [4.69, 9.17) is 9.47 Å². The van der Waals surface area contributed by atoms with E-state index in [9.17, 15) is 8.42 Å². The van der Waals surface area contributed by atoms with Gasteiger partial charge in [0.2, 0.25) is 0 Å². The van der Waals surface area contributed by atoms with Crippen LogP contribution in [0.15, 0.2) is 122 Å². The van der Waals surface area contributed by atoms with Crippen LogP contribution in [0.1, 0.15) is 25.0 Å². The fourth-order valence-corrected chi connectivity index (χ4v) is 5.37. The fraction of sp³-hybridized carbons (Fsp3) is 0.143. The number of nitrogens with zero attached hydrogens (tertiary/aromatic N) is 3. The monoisotopic (exact) mass is 589 g/mol. The first-order valence-electron chi connectivity index (χ1n) is 13.9. The van der Waals surface area contributed by atoms with Gasteiger partial charge in [-0.1, -0.05) is 54.6 Å². The van der Waals surface area contributed by atoms with E-state index in [1.165, 1.54) is 6.26 Å². The van der Waals surface area contributed by atoms with E-state index in [1.807, 2.05) is 109 Å². The molecule has 4 aromatic carbocycles. The number of para-hydroxylation sites is 3. The van der Waals surface area contributed by atoms with Crippen LogP contribution in [-0.2, 0) is 21.2 Å². The van der Waals surface area contributed by atoms with Crippen LogP contribution < -0.4 is 9.47 Å². The van der Waals surface area contributed by atoms with Crippen molar-refractivity contribution in [1.82, 2.24) is 14.8 Å². The molecule has 6 aromatic rings. The van der Waals surface area contributed by atoms with Gasteiger partial charge in [-0.2, -0.15) is 5.10 Å². The Kier molecular flexibility index (Phi) is 7.46. The van der Waals surface area contributed by atoms with E-state index in [-0.39, 0.29) is 0 Å². The topological polar surface area (TPSA) is 83.3 Å². The lowest BCUT2D eigenvalue weighted by Crippen LogP contribution is -2.28. The van der Waals surface area contributed by atoms with Crippen molar-refractivity contribution in [2.45, 2.75) is 25.2 Å². The molecule has 0 radical (unpaired) electrons. The molecule has 216 valence electrons. The van der Waals surface area contributed by atoms with E-state index >= 15 is 0 Å². The first-order valence-corrected chi connectivity index (χ1v) is 15.8. The average molecular weight is 590 g/mol. The van der Waals surface area contributed by atoms with Gasteiger partial charge in [0.1, 0.15) is 6.61 Å². The number of fused-ring (bicyclic) bond motifs is 1. The molecule has 8 heteroatoms. The van der Waals surface area contributed by atoms with Crippen LogP contribution in [0.2, 0.25) is 0 Å². The van der Waals surface area contributed by atoms with Crippen molar-refractivity contribution in [1.29, 1.82) is 0 Å². The summed E-state index contributed by atoms with van der Waals surface area (Å²) in [6.45, 7) is 3.78. The predicted octanol–water partition coefficient (Wildman–Crippen LogP) is 7.74. The molecule has 0 saturated carbocycles. The van der Waals surface area contributed by atoms with Crippen LogP contribution >= 0.6 is 0 Å². The smallest absolute Gasteiger partial charge is 0.169 e. The van der Waals surface area contributed by atoms with Gasteiger partial charge in [0, 0.05) is 23.4 Å². The second kappa shape index (κ2) is 11.4. The average Bonchev–Trinajstić information content (AvgIpc) is 3.48. The van der Waals surface area contributed by atoms with Crippen molar-refractivity contribution in [2.24, 2.45) is 0 Å². The summed E-state index contributed by atoms with van der Waals surface area (Å²) in [7, 11) is -3.37. The van der Waals surface area contributed by atoms with Gasteiger partial charge in [-0.3, -0.25) is 4.98 Å². The number of benzene rings is 4. The van der Waals surface area contributed by atoms with Crippen molar-refractivity contribution < 1.29 is 17.9 Å². The van der Waals surface area contributed by atoms with Crippen LogP contribution in [0.4, 0.5) is 0 Å². The highest BCUT2D eigenvalue weighted by Crippen LogP contribution is 2.37. The summed E-state index contributed by atoms with van der Waals surface area (Å²) in [5.74, 6) is 1.78. The SMILES string of the molecule is CC(C)(c1cc(-c2cccc(COc3ccccc3Oc3cnn(-c4ccccc4)c3)c2)c2ncccc2c1)S(C)(=O)=O. The number of ether oxygens (including phenoxy) is 2. The molecule has 0 aliphatic carbocycles. The summed E-state index contributed by atoms with van der Waals surface area (Å²) >= 11 is 0. The molecular weight excluding hydrogens is 558 g/mol. The Labute approximate surface area is 251 Å². The Balaban J connectivity index is 1.26. The molecule has 2 aromatic heterocycles. The quantitative estimate of drug-likeness (QED) is 0.172. The summed E-state index contributed by atoms with van der Waals surface area (Å²) in [5.41, 5.74) is 5.20. The highest BCUT2D eigenvalue weighted by Gasteiger charge is 2.33. The lowest BCUT2D eigenvalue weighted by molar-refractivity contribution is 0.291. The molecule has 0 bridgehead atoms. The normalized spacial score (nSPS) is 11.9. The summed E-state index contributed by atoms with van der Waals surface area (Å²) < 4.78 is 38.4. The maximum Gasteiger partial charge on any atom is 0.169 e. The number of rotatable bonds is 9. The minimum atomic E-state index is -3.37. The first kappa shape index (κ1) is 28.2. The second-order valence-electron chi connectivity index (χ2n) is 10.9. The summed E-state index contributed by atoms with van der Waals surface area (Å²) in [5, 5.41) is 5.30. The van der Waals surface area contributed by atoms with Crippen LogP contribution in [0, 0.1) is 0 Å². The standard InChI is InChI=1S/C35H31N3O4S/c1-35(2,43(3,39)40)28-20-27-13-10-18-36-34(27)31(21-28)26-12-9-11-25(19-26)24-41-32-16-7-8-17-33(32)42-30-22-37-38(23-30)29-14-5-4-6-15-29/h4-23H,24H2,1-3H3. The van der Waals surface area contributed by atoms with Gasteiger partial charge in [0.05, 0.1) is 28.3 Å². The Morgan fingerprint density at radius 1 is 0.837 bits per heavy atom. The zero-order valence-electron chi connectivity index (χ0n) is 24.1. The number of hydrogen-bond acceptors (Lipinski definition) is 6. The van der Waals surface area contributed by atoms with Crippen LogP contribution in [-0.4, -0.2) is 29.4 Å². The molecule has 0 fully saturated rings. The highest BCUT2D eigenvalue weighted by molar-refractivity contribution is 7.91. The van der Waals surface area contributed by atoms with Crippen molar-refractivity contribution in [2.75, 3.05) is 6.26 Å². The largest absolute Gasteiger partial charge is 0.485 e. The van der Waals surface area contributed by atoms with Gasteiger partial charge in [-0.05, 0) is 79.1 Å². The Hall–Kier alpha value is -4.95. The van der Waals surface area contributed by atoms with Crippen LogP contribution in [0.5, 0.6) is 17.2 Å². The van der Waals surface area contributed by atoms with Crippen molar-refractivity contribution in [3.05, 3.63) is 133 Å². The van der Waals surface area contributed by atoms with Gasteiger partial charge in [-0.25, -0.2) is 13.1 Å². The summed E-state index contributed by atoms with van der Waals surface area (Å²) in [6.07, 6.45) is 6.52. The first-order chi connectivity index (χ1) is 20.7. The van der Waals surface area contributed by atoms with E-state index < -0.39 is 14.6 Å². The van der Waals surface area contributed by atoms with Crippen molar-refractivity contribution >= 4 is 20.7 Å². The molecule has 0 aliphatic rings. The van der Waals surface area contributed by atoms with Crippen LogP contribution in [0.3, 0.4) is 0 Å². The third kappa shape index (κ3) is 5.87. The highest BCUT2D eigenvalue weighted by atomic mass is 32.2. The van der Waals surface area contributed by atoms with Gasteiger partial charge in [0.25, 0.3) is 0 Å². The van der Waals surface area contributed by atoms with E-state index in [0.717, 1.165) is 33.3 Å². The zero-order chi connectivity index (χ0) is 30.0.